The molecule has 0 amide bonds. The van der Waals surface area contributed by atoms with E-state index in [1.54, 1.807) is 13.2 Å². The van der Waals surface area contributed by atoms with E-state index in [4.69, 9.17) is 9.88 Å². The van der Waals surface area contributed by atoms with Crippen molar-refractivity contribution in [2.75, 3.05) is 19.0 Å². The Labute approximate surface area is 114 Å². The lowest BCUT2D eigenvalue weighted by atomic mass is 10.1. The van der Waals surface area contributed by atoms with Gasteiger partial charge in [-0.25, -0.2) is 13.6 Å². The third kappa shape index (κ3) is 3.61. The molecule has 1 fully saturated rings. The molecule has 0 aliphatic heterocycles. The van der Waals surface area contributed by atoms with Gasteiger partial charge < -0.3 is 10.1 Å². The number of rotatable bonds is 5. The molecule has 0 aromatic heterocycles. The smallest absolute Gasteiger partial charge is 0.238 e. The van der Waals surface area contributed by atoms with Crippen LogP contribution in [0.15, 0.2) is 23.1 Å². The molecule has 1 aliphatic carbocycles. The van der Waals surface area contributed by atoms with Crippen molar-refractivity contribution in [3.63, 3.8) is 0 Å². The number of hydrogen-bond acceptors (Lipinski definition) is 4. The van der Waals surface area contributed by atoms with Crippen LogP contribution < -0.4 is 15.2 Å². The van der Waals surface area contributed by atoms with E-state index >= 15 is 0 Å². The maximum absolute atomic E-state index is 11.4. The summed E-state index contributed by atoms with van der Waals surface area (Å²) in [6, 6.07) is 4.61. The van der Waals surface area contributed by atoms with Crippen LogP contribution in [0.5, 0.6) is 5.75 Å². The second kappa shape index (κ2) is 5.79. The van der Waals surface area contributed by atoms with Crippen molar-refractivity contribution < 1.29 is 13.2 Å². The molecule has 1 aromatic carbocycles. The molecule has 6 heteroatoms. The van der Waals surface area contributed by atoms with Crippen molar-refractivity contribution in [3.05, 3.63) is 18.2 Å². The molecule has 106 valence electrons. The monoisotopic (exact) mass is 284 g/mol. The summed E-state index contributed by atoms with van der Waals surface area (Å²) in [5.41, 5.74) is 0.681. The topological polar surface area (TPSA) is 81.4 Å². The predicted molar refractivity (Wildman–Crippen MR) is 74.8 cm³/mol. The second-order valence-corrected chi connectivity index (χ2v) is 6.50. The lowest BCUT2D eigenvalue weighted by Crippen LogP contribution is -2.14. The van der Waals surface area contributed by atoms with E-state index in [2.05, 4.69) is 5.32 Å². The lowest BCUT2D eigenvalue weighted by Gasteiger charge is -2.15. The van der Waals surface area contributed by atoms with Gasteiger partial charge in [0.2, 0.25) is 10.0 Å². The normalized spacial score (nSPS) is 16.5. The summed E-state index contributed by atoms with van der Waals surface area (Å²) >= 11 is 0. The van der Waals surface area contributed by atoms with E-state index in [1.807, 2.05) is 0 Å². The quantitative estimate of drug-likeness (QED) is 0.866. The molecule has 2 rings (SSSR count). The first kappa shape index (κ1) is 14.1. The van der Waals surface area contributed by atoms with E-state index in [9.17, 15) is 8.42 Å². The highest BCUT2D eigenvalue weighted by molar-refractivity contribution is 7.89. The van der Waals surface area contributed by atoms with Gasteiger partial charge in [0.15, 0.2) is 0 Å². The second-order valence-electron chi connectivity index (χ2n) is 4.94. The predicted octanol–water partition coefficient (Wildman–Crippen LogP) is 1.94. The summed E-state index contributed by atoms with van der Waals surface area (Å²) in [6.07, 6.45) is 5.01. The Morgan fingerprint density at radius 2 is 2.05 bits per heavy atom. The van der Waals surface area contributed by atoms with E-state index in [1.165, 1.54) is 37.8 Å². The minimum Gasteiger partial charge on any atom is -0.495 e. The van der Waals surface area contributed by atoms with Gasteiger partial charge in [-0.15, -0.1) is 0 Å². The summed E-state index contributed by atoms with van der Waals surface area (Å²) in [7, 11) is -2.12. The molecule has 0 atom stereocenters. The highest BCUT2D eigenvalue weighted by Crippen LogP contribution is 2.29. The fraction of sp³-hybridized carbons (Fsp3) is 0.538. The van der Waals surface area contributed by atoms with E-state index < -0.39 is 10.0 Å². The van der Waals surface area contributed by atoms with Gasteiger partial charge in [-0.3, -0.25) is 0 Å². The Balaban J connectivity index is 2.16. The molecule has 1 aromatic rings. The number of benzene rings is 1. The third-order valence-corrected chi connectivity index (χ3v) is 4.47. The minimum atomic E-state index is -3.68. The van der Waals surface area contributed by atoms with Crippen LogP contribution in [0.1, 0.15) is 25.7 Å². The summed E-state index contributed by atoms with van der Waals surface area (Å²) in [4.78, 5) is 0.0993. The minimum absolute atomic E-state index is 0.0993. The molecular weight excluding hydrogens is 264 g/mol. The van der Waals surface area contributed by atoms with Crippen molar-refractivity contribution in [2.45, 2.75) is 30.6 Å². The highest BCUT2D eigenvalue weighted by atomic mass is 32.2. The van der Waals surface area contributed by atoms with E-state index in [0.29, 0.717) is 17.4 Å². The Kier molecular flexibility index (Phi) is 4.31. The van der Waals surface area contributed by atoms with Crippen LogP contribution in [0, 0.1) is 5.92 Å². The van der Waals surface area contributed by atoms with Crippen LogP contribution >= 0.6 is 0 Å². The van der Waals surface area contributed by atoms with Gasteiger partial charge >= 0.3 is 0 Å². The average Bonchev–Trinajstić information content (AvgIpc) is 2.88. The van der Waals surface area contributed by atoms with Crippen LogP contribution in [0.2, 0.25) is 0 Å². The van der Waals surface area contributed by atoms with Crippen molar-refractivity contribution in [1.29, 1.82) is 0 Å². The van der Waals surface area contributed by atoms with Gasteiger partial charge in [-0.05, 0) is 37.0 Å². The Morgan fingerprint density at radius 1 is 1.37 bits per heavy atom. The fourth-order valence-electron chi connectivity index (χ4n) is 2.47. The average molecular weight is 284 g/mol. The molecule has 0 spiro atoms. The molecular formula is C13H20N2O3S. The molecule has 1 saturated carbocycles. The Morgan fingerprint density at radius 3 is 2.63 bits per heavy atom. The molecule has 0 heterocycles. The molecule has 0 unspecified atom stereocenters. The first-order chi connectivity index (χ1) is 9.00. The largest absolute Gasteiger partial charge is 0.495 e. The molecule has 1 aliphatic rings. The van der Waals surface area contributed by atoms with Gasteiger partial charge in [-0.2, -0.15) is 0 Å². The van der Waals surface area contributed by atoms with Gasteiger partial charge in [0.1, 0.15) is 5.75 Å². The van der Waals surface area contributed by atoms with Gasteiger partial charge in [-0.1, -0.05) is 12.8 Å². The van der Waals surface area contributed by atoms with Crippen molar-refractivity contribution in [1.82, 2.24) is 0 Å². The van der Waals surface area contributed by atoms with E-state index in [0.717, 1.165) is 6.54 Å². The Hall–Kier alpha value is -1.27. The molecule has 19 heavy (non-hydrogen) atoms. The summed E-state index contributed by atoms with van der Waals surface area (Å²) < 4.78 is 27.9. The number of sulfonamides is 1. The number of nitrogens with two attached hydrogens (primary N) is 1. The van der Waals surface area contributed by atoms with Crippen LogP contribution in [0.25, 0.3) is 0 Å². The molecule has 5 nitrogen and oxygen atoms in total. The molecule has 0 bridgehead atoms. The van der Waals surface area contributed by atoms with Gasteiger partial charge in [0, 0.05) is 6.54 Å². The number of anilines is 1. The van der Waals surface area contributed by atoms with Crippen LogP contribution in [0.4, 0.5) is 5.69 Å². The van der Waals surface area contributed by atoms with Crippen LogP contribution in [0.3, 0.4) is 0 Å². The number of primary sulfonamides is 1. The molecule has 0 radical (unpaired) electrons. The first-order valence-electron chi connectivity index (χ1n) is 6.45. The first-order valence-corrected chi connectivity index (χ1v) is 8.00. The van der Waals surface area contributed by atoms with Crippen molar-refractivity contribution in [3.8, 4) is 5.75 Å². The summed E-state index contributed by atoms with van der Waals surface area (Å²) in [6.45, 7) is 0.838. The zero-order valence-corrected chi connectivity index (χ0v) is 11.9. The fourth-order valence-corrected chi connectivity index (χ4v) is 3.01. The molecule has 3 N–H and O–H groups in total. The number of methoxy groups -OCH3 is 1. The van der Waals surface area contributed by atoms with Gasteiger partial charge in [0.25, 0.3) is 0 Å². The zero-order chi connectivity index (χ0) is 13.9. The van der Waals surface area contributed by atoms with Gasteiger partial charge in [0.05, 0.1) is 17.7 Å². The van der Waals surface area contributed by atoms with Crippen molar-refractivity contribution >= 4 is 15.7 Å². The number of ether oxygens (including phenoxy) is 1. The lowest BCUT2D eigenvalue weighted by molar-refractivity contribution is 0.415. The number of hydrogen-bond donors (Lipinski definition) is 2. The summed E-state index contributed by atoms with van der Waals surface area (Å²) in [5, 5.41) is 8.41. The maximum Gasteiger partial charge on any atom is 0.238 e. The zero-order valence-electron chi connectivity index (χ0n) is 11.1. The Bertz CT molecular complexity index is 537. The third-order valence-electron chi connectivity index (χ3n) is 3.56. The summed E-state index contributed by atoms with van der Waals surface area (Å²) in [5.74, 6) is 1.29. The van der Waals surface area contributed by atoms with Crippen LogP contribution in [-0.2, 0) is 10.0 Å². The standard InChI is InChI=1S/C13H20N2O3S/c1-18-13-7-6-11(19(14,16)17)8-12(13)15-9-10-4-2-3-5-10/h6-8,10,15H,2-5,9H2,1H3,(H2,14,16,17). The molecule has 0 saturated heterocycles. The highest BCUT2D eigenvalue weighted by Gasteiger charge is 2.16. The van der Waals surface area contributed by atoms with Crippen molar-refractivity contribution in [2.24, 2.45) is 11.1 Å². The number of nitrogens with one attached hydrogen (secondary N) is 1. The maximum atomic E-state index is 11.4. The SMILES string of the molecule is COc1ccc(S(N)(=O)=O)cc1NCC1CCCC1. The van der Waals surface area contributed by atoms with Crippen LogP contribution in [-0.4, -0.2) is 22.1 Å². The van der Waals surface area contributed by atoms with E-state index in [-0.39, 0.29) is 4.90 Å².